The molecule has 0 amide bonds. The molecule has 0 bridgehead atoms. The highest BCUT2D eigenvalue weighted by molar-refractivity contribution is 6.31. The van der Waals surface area contributed by atoms with Crippen molar-refractivity contribution in [2.45, 2.75) is 26.4 Å². The van der Waals surface area contributed by atoms with E-state index in [4.69, 9.17) is 27.3 Å². The first-order valence-corrected chi connectivity index (χ1v) is 5.40. The first kappa shape index (κ1) is 12.6. The van der Waals surface area contributed by atoms with E-state index in [0.717, 1.165) is 6.42 Å². The molecule has 0 aliphatic rings. The van der Waals surface area contributed by atoms with E-state index in [1.54, 1.807) is 18.2 Å². The number of amidine groups is 1. The molecule has 0 aromatic heterocycles. The van der Waals surface area contributed by atoms with Gasteiger partial charge in [-0.05, 0) is 31.5 Å². The van der Waals surface area contributed by atoms with Gasteiger partial charge in [-0.3, -0.25) is 0 Å². The number of hydrogen-bond donors (Lipinski definition) is 2. The Morgan fingerprint density at radius 3 is 2.88 bits per heavy atom. The molecule has 0 spiro atoms. The summed E-state index contributed by atoms with van der Waals surface area (Å²) in [5, 5.41) is 12.1. The quantitative estimate of drug-likeness (QED) is 0.369. The van der Waals surface area contributed by atoms with Crippen molar-refractivity contribution in [3.63, 3.8) is 0 Å². The molecule has 0 heterocycles. The number of hydrogen-bond acceptors (Lipinski definition) is 3. The van der Waals surface area contributed by atoms with E-state index < -0.39 is 0 Å². The number of ether oxygens (including phenoxy) is 1. The Morgan fingerprint density at radius 1 is 1.62 bits per heavy atom. The van der Waals surface area contributed by atoms with E-state index in [1.807, 2.05) is 13.8 Å². The summed E-state index contributed by atoms with van der Waals surface area (Å²) < 4.78 is 5.64. The van der Waals surface area contributed by atoms with Crippen LogP contribution in [0.5, 0.6) is 5.75 Å². The lowest BCUT2D eigenvalue weighted by molar-refractivity contribution is 0.217. The zero-order chi connectivity index (χ0) is 12.1. The fourth-order valence-corrected chi connectivity index (χ4v) is 1.33. The Balaban J connectivity index is 3.08. The van der Waals surface area contributed by atoms with Crippen LogP contribution in [0.1, 0.15) is 25.8 Å². The lowest BCUT2D eigenvalue weighted by atomic mass is 10.2. The zero-order valence-electron chi connectivity index (χ0n) is 9.27. The van der Waals surface area contributed by atoms with E-state index in [9.17, 15) is 0 Å². The number of oxime groups is 1. The van der Waals surface area contributed by atoms with Gasteiger partial charge in [-0.1, -0.05) is 23.7 Å². The lowest BCUT2D eigenvalue weighted by Gasteiger charge is -2.15. The fourth-order valence-electron chi connectivity index (χ4n) is 1.16. The molecule has 16 heavy (non-hydrogen) atoms. The third-order valence-corrected chi connectivity index (χ3v) is 2.46. The summed E-state index contributed by atoms with van der Waals surface area (Å²) in [6.07, 6.45) is 0.935. The van der Waals surface area contributed by atoms with Crippen molar-refractivity contribution in [1.82, 2.24) is 0 Å². The molecule has 5 heteroatoms. The number of nitrogens with two attached hydrogens (primary N) is 1. The average molecular weight is 243 g/mol. The predicted molar refractivity (Wildman–Crippen MR) is 64.3 cm³/mol. The van der Waals surface area contributed by atoms with E-state index >= 15 is 0 Å². The molecule has 0 aliphatic heterocycles. The number of rotatable bonds is 4. The van der Waals surface area contributed by atoms with Gasteiger partial charge in [0.1, 0.15) is 5.75 Å². The van der Waals surface area contributed by atoms with Gasteiger partial charge in [0.05, 0.1) is 11.7 Å². The number of benzene rings is 1. The normalized spacial score (nSPS) is 13.6. The standard InChI is InChI=1S/C11H15ClN2O2/c1-3-7(2)16-10-5-4-8(12)6-9(10)11(13)14-15/h4-7,15H,3H2,1-2H3,(H2,13,14). The molecule has 88 valence electrons. The smallest absolute Gasteiger partial charge is 0.173 e. The average Bonchev–Trinajstić information content (AvgIpc) is 2.30. The molecule has 4 nitrogen and oxygen atoms in total. The first-order valence-electron chi connectivity index (χ1n) is 5.02. The lowest BCUT2D eigenvalue weighted by Crippen LogP contribution is -2.17. The second-order valence-corrected chi connectivity index (χ2v) is 3.90. The maximum Gasteiger partial charge on any atom is 0.173 e. The van der Waals surface area contributed by atoms with Gasteiger partial charge >= 0.3 is 0 Å². The van der Waals surface area contributed by atoms with E-state index in [0.29, 0.717) is 16.3 Å². The highest BCUT2D eigenvalue weighted by Gasteiger charge is 2.11. The Labute approximate surface area is 99.7 Å². The highest BCUT2D eigenvalue weighted by Crippen LogP contribution is 2.24. The monoisotopic (exact) mass is 242 g/mol. The van der Waals surface area contributed by atoms with Crippen molar-refractivity contribution in [3.05, 3.63) is 28.8 Å². The molecule has 1 rings (SSSR count). The summed E-state index contributed by atoms with van der Waals surface area (Å²) >= 11 is 5.84. The van der Waals surface area contributed by atoms with Crippen LogP contribution in [0, 0.1) is 0 Å². The van der Waals surface area contributed by atoms with E-state index in [2.05, 4.69) is 5.16 Å². The Hall–Kier alpha value is -1.42. The molecule has 1 aromatic carbocycles. The van der Waals surface area contributed by atoms with Crippen LogP contribution in [0.25, 0.3) is 0 Å². The molecule has 0 saturated heterocycles. The van der Waals surface area contributed by atoms with Crippen LogP contribution in [-0.4, -0.2) is 17.1 Å². The van der Waals surface area contributed by atoms with Gasteiger partial charge < -0.3 is 15.7 Å². The van der Waals surface area contributed by atoms with Crippen LogP contribution >= 0.6 is 11.6 Å². The summed E-state index contributed by atoms with van der Waals surface area (Å²) in [7, 11) is 0. The van der Waals surface area contributed by atoms with Crippen LogP contribution in [0.2, 0.25) is 5.02 Å². The fraction of sp³-hybridized carbons (Fsp3) is 0.364. The largest absolute Gasteiger partial charge is 0.490 e. The van der Waals surface area contributed by atoms with Gasteiger partial charge in [0.15, 0.2) is 5.84 Å². The summed E-state index contributed by atoms with van der Waals surface area (Å²) in [5.74, 6) is 0.551. The van der Waals surface area contributed by atoms with E-state index in [-0.39, 0.29) is 11.9 Å². The van der Waals surface area contributed by atoms with Crippen molar-refractivity contribution in [1.29, 1.82) is 0 Å². The van der Waals surface area contributed by atoms with Crippen molar-refractivity contribution >= 4 is 17.4 Å². The molecule has 0 aliphatic carbocycles. The number of halogens is 1. The summed E-state index contributed by atoms with van der Waals surface area (Å²) in [6, 6.07) is 5.02. The van der Waals surface area contributed by atoms with Crippen LogP contribution < -0.4 is 10.5 Å². The Morgan fingerprint density at radius 2 is 2.31 bits per heavy atom. The molecular weight excluding hydrogens is 228 g/mol. The zero-order valence-corrected chi connectivity index (χ0v) is 10.0. The maximum atomic E-state index is 8.66. The summed E-state index contributed by atoms with van der Waals surface area (Å²) in [6.45, 7) is 3.97. The molecule has 1 aromatic rings. The van der Waals surface area contributed by atoms with Gasteiger partial charge in [-0.25, -0.2) is 0 Å². The number of nitrogens with zero attached hydrogens (tertiary/aromatic N) is 1. The topological polar surface area (TPSA) is 67.8 Å². The Kier molecular flexibility index (Phi) is 4.43. The van der Waals surface area contributed by atoms with Gasteiger partial charge in [0.2, 0.25) is 0 Å². The van der Waals surface area contributed by atoms with Crippen LogP contribution in [0.4, 0.5) is 0 Å². The second kappa shape index (κ2) is 5.61. The minimum Gasteiger partial charge on any atom is -0.490 e. The molecule has 3 N–H and O–H groups in total. The van der Waals surface area contributed by atoms with Gasteiger partial charge in [-0.15, -0.1) is 0 Å². The van der Waals surface area contributed by atoms with Crippen molar-refractivity contribution in [3.8, 4) is 5.75 Å². The molecule has 1 unspecified atom stereocenters. The van der Waals surface area contributed by atoms with Crippen molar-refractivity contribution < 1.29 is 9.94 Å². The predicted octanol–water partition coefficient (Wildman–Crippen LogP) is 2.61. The van der Waals surface area contributed by atoms with Gasteiger partial charge in [0.25, 0.3) is 0 Å². The van der Waals surface area contributed by atoms with Gasteiger partial charge in [0, 0.05) is 5.02 Å². The Bertz CT molecular complexity index is 394. The van der Waals surface area contributed by atoms with E-state index in [1.165, 1.54) is 0 Å². The highest BCUT2D eigenvalue weighted by atomic mass is 35.5. The molecule has 0 saturated carbocycles. The molecule has 0 radical (unpaired) electrons. The second-order valence-electron chi connectivity index (χ2n) is 3.46. The SMILES string of the molecule is CCC(C)Oc1ccc(Cl)cc1C(N)=NO. The first-order chi connectivity index (χ1) is 7.58. The molecule has 1 atom stereocenters. The third kappa shape index (κ3) is 3.03. The third-order valence-electron chi connectivity index (χ3n) is 2.23. The maximum absolute atomic E-state index is 8.66. The molecular formula is C11H15ClN2O2. The molecule has 0 fully saturated rings. The van der Waals surface area contributed by atoms with Crippen LogP contribution in [-0.2, 0) is 0 Å². The van der Waals surface area contributed by atoms with Crippen LogP contribution in [0.3, 0.4) is 0 Å². The van der Waals surface area contributed by atoms with Gasteiger partial charge in [-0.2, -0.15) is 0 Å². The minimum atomic E-state index is -0.0131. The van der Waals surface area contributed by atoms with Crippen LogP contribution in [0.15, 0.2) is 23.4 Å². The van der Waals surface area contributed by atoms with Crippen molar-refractivity contribution in [2.24, 2.45) is 10.9 Å². The minimum absolute atomic E-state index is 0.0131. The summed E-state index contributed by atoms with van der Waals surface area (Å²) in [5.41, 5.74) is 6.04. The summed E-state index contributed by atoms with van der Waals surface area (Å²) in [4.78, 5) is 0. The van der Waals surface area contributed by atoms with Crippen molar-refractivity contribution in [2.75, 3.05) is 0 Å².